The summed E-state index contributed by atoms with van der Waals surface area (Å²) >= 11 is 11.2. The zero-order valence-corrected chi connectivity index (χ0v) is 14.4. The van der Waals surface area contributed by atoms with E-state index in [0.717, 1.165) is 5.56 Å². The number of nitrogens with zero attached hydrogens (tertiary/aromatic N) is 1. The van der Waals surface area contributed by atoms with Crippen LogP contribution in [-0.4, -0.2) is 16.0 Å². The van der Waals surface area contributed by atoms with Crippen LogP contribution in [0.1, 0.15) is 18.5 Å². The molecule has 0 radical (unpaired) electrons. The Morgan fingerprint density at radius 3 is 2.67 bits per heavy atom. The molecule has 1 aromatic heterocycles. The SMILES string of the molecule is CC1=C(C(=O)Nc2ccccn2)[C@@H](c2ccc(Cl)cc2)NC(=S)N1. The van der Waals surface area contributed by atoms with Gasteiger partial charge in [-0.1, -0.05) is 29.8 Å². The Morgan fingerprint density at radius 1 is 1.25 bits per heavy atom. The number of hydrogen-bond acceptors (Lipinski definition) is 3. The van der Waals surface area contributed by atoms with Gasteiger partial charge in [-0.15, -0.1) is 0 Å². The number of amides is 1. The van der Waals surface area contributed by atoms with Crippen LogP contribution in [-0.2, 0) is 4.79 Å². The quantitative estimate of drug-likeness (QED) is 0.735. The van der Waals surface area contributed by atoms with Crippen LogP contribution < -0.4 is 16.0 Å². The second-order valence-corrected chi connectivity index (χ2v) is 6.14. The number of carbonyl (C=O) groups is 1. The van der Waals surface area contributed by atoms with Gasteiger partial charge in [0.2, 0.25) is 0 Å². The second kappa shape index (κ2) is 6.98. The van der Waals surface area contributed by atoms with Crippen LogP contribution in [0.3, 0.4) is 0 Å². The van der Waals surface area contributed by atoms with Crippen LogP contribution in [0.25, 0.3) is 0 Å². The Kier molecular flexibility index (Phi) is 4.78. The molecule has 122 valence electrons. The summed E-state index contributed by atoms with van der Waals surface area (Å²) in [5.41, 5.74) is 2.15. The predicted molar refractivity (Wildman–Crippen MR) is 98.6 cm³/mol. The Morgan fingerprint density at radius 2 is 2.00 bits per heavy atom. The first-order valence-electron chi connectivity index (χ1n) is 7.31. The molecule has 0 spiro atoms. The molecule has 3 rings (SSSR count). The summed E-state index contributed by atoms with van der Waals surface area (Å²) in [5.74, 6) is 0.249. The number of anilines is 1. The maximum absolute atomic E-state index is 12.8. The molecule has 1 aliphatic heterocycles. The molecule has 0 aliphatic carbocycles. The standard InChI is InChI=1S/C17H15ClN4OS/c1-10-14(16(23)21-13-4-2-3-9-19-13)15(22-17(24)20-10)11-5-7-12(18)8-6-11/h2-9,15H,1H3,(H,19,21,23)(H2,20,22,24)/t15-/m1/s1. The number of halogens is 1. The molecule has 5 nitrogen and oxygen atoms in total. The van der Waals surface area contributed by atoms with Gasteiger partial charge in [0.1, 0.15) is 5.82 Å². The monoisotopic (exact) mass is 358 g/mol. The summed E-state index contributed by atoms with van der Waals surface area (Å²) in [7, 11) is 0. The molecule has 0 fully saturated rings. The van der Waals surface area contributed by atoms with E-state index in [4.69, 9.17) is 23.8 Å². The highest BCUT2D eigenvalue weighted by atomic mass is 35.5. The number of nitrogens with one attached hydrogen (secondary N) is 3. The van der Waals surface area contributed by atoms with Gasteiger partial charge in [-0.25, -0.2) is 4.98 Å². The number of pyridine rings is 1. The average Bonchev–Trinajstić information content (AvgIpc) is 2.55. The largest absolute Gasteiger partial charge is 0.351 e. The summed E-state index contributed by atoms with van der Waals surface area (Å²) in [4.78, 5) is 16.9. The van der Waals surface area contributed by atoms with Gasteiger partial charge in [0.25, 0.3) is 5.91 Å². The fourth-order valence-corrected chi connectivity index (χ4v) is 2.92. The van der Waals surface area contributed by atoms with Gasteiger partial charge in [-0.2, -0.15) is 0 Å². The minimum absolute atomic E-state index is 0.242. The topological polar surface area (TPSA) is 66.0 Å². The van der Waals surface area contributed by atoms with Gasteiger partial charge in [-0.3, -0.25) is 4.79 Å². The van der Waals surface area contributed by atoms with E-state index in [-0.39, 0.29) is 11.9 Å². The summed E-state index contributed by atoms with van der Waals surface area (Å²) in [6.07, 6.45) is 1.63. The lowest BCUT2D eigenvalue weighted by Gasteiger charge is -2.30. The first-order chi connectivity index (χ1) is 11.5. The third-order valence-electron chi connectivity index (χ3n) is 3.62. The van der Waals surface area contributed by atoms with Crippen molar-refractivity contribution in [2.24, 2.45) is 0 Å². The number of rotatable bonds is 3. The highest BCUT2D eigenvalue weighted by molar-refractivity contribution is 7.80. The maximum Gasteiger partial charge on any atom is 0.256 e. The molecule has 0 saturated carbocycles. The Hall–Kier alpha value is -2.44. The Labute approximate surface area is 150 Å². The molecule has 1 amide bonds. The molecule has 0 unspecified atom stereocenters. The molecule has 1 aliphatic rings. The average molecular weight is 359 g/mol. The van der Waals surface area contributed by atoms with Crippen LogP contribution in [0.15, 0.2) is 59.9 Å². The third-order valence-corrected chi connectivity index (χ3v) is 4.10. The minimum atomic E-state index is -0.361. The van der Waals surface area contributed by atoms with Crippen molar-refractivity contribution >= 4 is 40.7 Å². The number of hydrogen-bond donors (Lipinski definition) is 3. The molecule has 1 atom stereocenters. The molecule has 24 heavy (non-hydrogen) atoms. The Bertz CT molecular complexity index is 805. The van der Waals surface area contributed by atoms with E-state index < -0.39 is 0 Å². The molecule has 0 bridgehead atoms. The Balaban J connectivity index is 1.94. The zero-order chi connectivity index (χ0) is 17.1. The molecule has 7 heteroatoms. The summed E-state index contributed by atoms with van der Waals surface area (Å²) in [6.45, 7) is 1.82. The van der Waals surface area contributed by atoms with Crippen LogP contribution >= 0.6 is 23.8 Å². The molecule has 0 saturated heterocycles. The highest BCUT2D eigenvalue weighted by Gasteiger charge is 2.29. The second-order valence-electron chi connectivity index (χ2n) is 5.29. The fraction of sp³-hybridized carbons (Fsp3) is 0.118. The van der Waals surface area contributed by atoms with Gasteiger partial charge >= 0.3 is 0 Å². The first kappa shape index (κ1) is 16.4. The van der Waals surface area contributed by atoms with Crippen LogP contribution in [0, 0.1) is 0 Å². The van der Waals surface area contributed by atoms with Crippen LogP contribution in [0.5, 0.6) is 0 Å². The fourth-order valence-electron chi connectivity index (χ4n) is 2.52. The van der Waals surface area contributed by atoms with Gasteiger partial charge in [0.15, 0.2) is 5.11 Å². The summed E-state index contributed by atoms with van der Waals surface area (Å²) in [6, 6.07) is 12.3. The van der Waals surface area contributed by atoms with E-state index in [1.807, 2.05) is 25.1 Å². The summed E-state index contributed by atoms with van der Waals surface area (Å²) < 4.78 is 0. The van der Waals surface area contributed by atoms with Gasteiger partial charge in [0.05, 0.1) is 11.6 Å². The van der Waals surface area contributed by atoms with Crippen molar-refractivity contribution in [1.82, 2.24) is 15.6 Å². The minimum Gasteiger partial charge on any atom is -0.351 e. The van der Waals surface area contributed by atoms with Crippen LogP contribution in [0.2, 0.25) is 5.02 Å². The van der Waals surface area contributed by atoms with Gasteiger partial charge < -0.3 is 16.0 Å². The van der Waals surface area contributed by atoms with E-state index in [2.05, 4.69) is 20.9 Å². The number of benzene rings is 1. The predicted octanol–water partition coefficient (Wildman–Crippen LogP) is 3.17. The molecule has 3 N–H and O–H groups in total. The van der Waals surface area contributed by atoms with Crippen molar-refractivity contribution in [3.63, 3.8) is 0 Å². The van der Waals surface area contributed by atoms with Crippen molar-refractivity contribution in [2.75, 3.05) is 5.32 Å². The number of allylic oxidation sites excluding steroid dienone is 1. The molecule has 1 aromatic carbocycles. The molecular weight excluding hydrogens is 344 g/mol. The highest BCUT2D eigenvalue weighted by Crippen LogP contribution is 2.28. The van der Waals surface area contributed by atoms with Crippen LogP contribution in [0.4, 0.5) is 5.82 Å². The van der Waals surface area contributed by atoms with Crippen molar-refractivity contribution in [3.05, 3.63) is 70.5 Å². The van der Waals surface area contributed by atoms with E-state index in [9.17, 15) is 4.79 Å². The van der Waals surface area contributed by atoms with Gasteiger partial charge in [0, 0.05) is 16.9 Å². The lowest BCUT2D eigenvalue weighted by molar-refractivity contribution is -0.113. The molecule has 2 aromatic rings. The smallest absolute Gasteiger partial charge is 0.256 e. The van der Waals surface area contributed by atoms with Crippen molar-refractivity contribution in [1.29, 1.82) is 0 Å². The molecule has 2 heterocycles. The lowest BCUT2D eigenvalue weighted by Crippen LogP contribution is -2.45. The van der Waals surface area contributed by atoms with Crippen molar-refractivity contribution in [3.8, 4) is 0 Å². The maximum atomic E-state index is 12.8. The van der Waals surface area contributed by atoms with Crippen molar-refractivity contribution in [2.45, 2.75) is 13.0 Å². The van der Waals surface area contributed by atoms with E-state index in [1.54, 1.807) is 30.5 Å². The third kappa shape index (κ3) is 3.55. The van der Waals surface area contributed by atoms with E-state index in [1.165, 1.54) is 0 Å². The first-order valence-corrected chi connectivity index (χ1v) is 8.09. The van der Waals surface area contributed by atoms with Crippen molar-refractivity contribution < 1.29 is 4.79 Å². The lowest BCUT2D eigenvalue weighted by atomic mass is 9.95. The van der Waals surface area contributed by atoms with E-state index in [0.29, 0.717) is 27.2 Å². The number of aromatic nitrogens is 1. The zero-order valence-electron chi connectivity index (χ0n) is 12.8. The number of carbonyl (C=O) groups excluding carboxylic acids is 1. The normalized spacial score (nSPS) is 17.1. The molecular formula is C17H15ClN4OS. The van der Waals surface area contributed by atoms with Gasteiger partial charge in [-0.05, 0) is 49.0 Å². The van der Waals surface area contributed by atoms with E-state index >= 15 is 0 Å². The number of thiocarbonyl (C=S) groups is 1. The summed E-state index contributed by atoms with van der Waals surface area (Å²) in [5, 5.41) is 10.1.